The number of carbonyl (C=O) groups is 1. The highest BCUT2D eigenvalue weighted by molar-refractivity contribution is 6.01. The molecule has 1 aromatic rings. The molecule has 17 heavy (non-hydrogen) atoms. The van der Waals surface area contributed by atoms with Gasteiger partial charge in [0, 0.05) is 0 Å². The first-order valence-corrected chi connectivity index (χ1v) is 5.40. The van der Waals surface area contributed by atoms with Gasteiger partial charge in [0.15, 0.2) is 0 Å². The number of carboxylic acid groups (broad SMARTS) is 1. The SMILES string of the molecule is O=C(O)c1cc2cccc3ccccc3c-2c1. The van der Waals surface area contributed by atoms with Crippen LogP contribution in [0.3, 0.4) is 0 Å². The fourth-order valence-electron chi connectivity index (χ4n) is 2.16. The zero-order valence-electron chi connectivity index (χ0n) is 9.05. The van der Waals surface area contributed by atoms with Gasteiger partial charge in [-0.05, 0) is 34.0 Å². The van der Waals surface area contributed by atoms with Crippen LogP contribution in [0.2, 0.25) is 0 Å². The van der Waals surface area contributed by atoms with Crippen LogP contribution in [0.5, 0.6) is 0 Å². The molecule has 2 heteroatoms. The van der Waals surface area contributed by atoms with Crippen molar-refractivity contribution in [2.45, 2.75) is 0 Å². The lowest BCUT2D eigenvalue weighted by atomic mass is 10.1. The first-order valence-electron chi connectivity index (χ1n) is 5.40. The third-order valence-electron chi connectivity index (χ3n) is 2.97. The highest BCUT2D eigenvalue weighted by Crippen LogP contribution is 2.32. The Kier molecular flexibility index (Phi) is 2.08. The van der Waals surface area contributed by atoms with Crippen LogP contribution < -0.4 is 0 Å². The first kappa shape index (κ1) is 9.85. The molecule has 0 heterocycles. The van der Waals surface area contributed by atoms with Crippen molar-refractivity contribution in [3.05, 3.63) is 60.2 Å². The summed E-state index contributed by atoms with van der Waals surface area (Å²) in [5.41, 5.74) is 2.29. The molecule has 1 N–H and O–H groups in total. The van der Waals surface area contributed by atoms with E-state index in [-0.39, 0.29) is 0 Å². The number of carboxylic acids is 1. The Morgan fingerprint density at radius 3 is 2.53 bits per heavy atom. The molecule has 0 unspecified atom stereocenters. The quantitative estimate of drug-likeness (QED) is 0.682. The van der Waals surface area contributed by atoms with Gasteiger partial charge in [0.25, 0.3) is 0 Å². The highest BCUT2D eigenvalue weighted by Gasteiger charge is 2.12. The summed E-state index contributed by atoms with van der Waals surface area (Å²) in [5.74, 6) is -0.882. The van der Waals surface area contributed by atoms with Crippen molar-refractivity contribution < 1.29 is 9.90 Å². The number of rotatable bonds is 1. The van der Waals surface area contributed by atoms with E-state index < -0.39 is 5.97 Å². The number of benzene rings is 1. The molecule has 0 aromatic heterocycles. The molecule has 1 aromatic carbocycles. The van der Waals surface area contributed by atoms with E-state index in [0.29, 0.717) is 5.56 Å². The Labute approximate surface area is 98.5 Å². The third kappa shape index (κ3) is 1.54. The predicted molar refractivity (Wildman–Crippen MR) is 67.5 cm³/mol. The maximum atomic E-state index is 11.0. The summed E-state index contributed by atoms with van der Waals surface area (Å²) in [6.07, 6.45) is 0. The van der Waals surface area contributed by atoms with E-state index in [2.05, 4.69) is 0 Å². The second-order valence-corrected chi connectivity index (χ2v) is 4.03. The topological polar surface area (TPSA) is 37.3 Å². The van der Waals surface area contributed by atoms with Crippen molar-refractivity contribution in [3.8, 4) is 11.1 Å². The normalized spacial score (nSPS) is 10.8. The van der Waals surface area contributed by atoms with Gasteiger partial charge in [-0.15, -0.1) is 0 Å². The van der Waals surface area contributed by atoms with Gasteiger partial charge in [-0.25, -0.2) is 4.79 Å². The van der Waals surface area contributed by atoms with E-state index in [1.54, 1.807) is 12.1 Å². The second kappa shape index (κ2) is 3.59. The Hall–Kier alpha value is -2.35. The number of fused-ring (bicyclic) bond motifs is 3. The molecule has 2 aliphatic rings. The van der Waals surface area contributed by atoms with E-state index >= 15 is 0 Å². The van der Waals surface area contributed by atoms with E-state index in [1.807, 2.05) is 42.5 Å². The lowest BCUT2D eigenvalue weighted by Gasteiger charge is -1.96. The lowest BCUT2D eigenvalue weighted by molar-refractivity contribution is 0.0697. The van der Waals surface area contributed by atoms with Crippen LogP contribution in [0, 0.1) is 0 Å². The van der Waals surface area contributed by atoms with Gasteiger partial charge in [-0.1, -0.05) is 42.5 Å². The van der Waals surface area contributed by atoms with Crippen molar-refractivity contribution in [2.75, 3.05) is 0 Å². The summed E-state index contributed by atoms with van der Waals surface area (Å²) in [7, 11) is 0. The van der Waals surface area contributed by atoms with Crippen molar-refractivity contribution in [1.82, 2.24) is 0 Å². The van der Waals surface area contributed by atoms with Crippen LogP contribution in [0.15, 0.2) is 54.6 Å². The summed E-state index contributed by atoms with van der Waals surface area (Å²) in [6.45, 7) is 0. The van der Waals surface area contributed by atoms with Crippen molar-refractivity contribution in [3.63, 3.8) is 0 Å². The van der Waals surface area contributed by atoms with E-state index in [4.69, 9.17) is 5.11 Å². The average molecular weight is 222 g/mol. The Morgan fingerprint density at radius 1 is 0.941 bits per heavy atom. The number of hydrogen-bond acceptors (Lipinski definition) is 1. The van der Waals surface area contributed by atoms with Crippen LogP contribution >= 0.6 is 0 Å². The number of hydrogen-bond donors (Lipinski definition) is 1. The Morgan fingerprint density at radius 2 is 1.71 bits per heavy atom. The Bertz CT molecular complexity index is 686. The monoisotopic (exact) mass is 222 g/mol. The first-order chi connectivity index (χ1) is 8.25. The van der Waals surface area contributed by atoms with Crippen molar-refractivity contribution >= 4 is 16.7 Å². The van der Waals surface area contributed by atoms with Gasteiger partial charge >= 0.3 is 5.97 Å². The molecule has 0 aliphatic heterocycles. The van der Waals surface area contributed by atoms with Crippen molar-refractivity contribution in [1.29, 1.82) is 0 Å². The molecule has 2 aliphatic carbocycles. The molecule has 0 bridgehead atoms. The van der Waals surface area contributed by atoms with Crippen LogP contribution in [0.1, 0.15) is 10.4 Å². The molecule has 0 amide bonds. The molecule has 82 valence electrons. The van der Waals surface area contributed by atoms with Crippen LogP contribution in [-0.2, 0) is 0 Å². The van der Waals surface area contributed by atoms with Gasteiger partial charge in [0.1, 0.15) is 0 Å². The van der Waals surface area contributed by atoms with Gasteiger partial charge in [0.05, 0.1) is 5.56 Å². The molecule has 0 spiro atoms. The fourth-order valence-corrected chi connectivity index (χ4v) is 2.16. The lowest BCUT2D eigenvalue weighted by Crippen LogP contribution is -1.91. The maximum Gasteiger partial charge on any atom is 0.335 e. The van der Waals surface area contributed by atoms with E-state index in [1.165, 1.54) is 0 Å². The summed E-state index contributed by atoms with van der Waals surface area (Å²) in [4.78, 5) is 11.0. The van der Waals surface area contributed by atoms with Crippen LogP contribution in [-0.4, -0.2) is 11.1 Å². The molecule has 3 rings (SSSR count). The smallest absolute Gasteiger partial charge is 0.335 e. The van der Waals surface area contributed by atoms with Gasteiger partial charge in [-0.3, -0.25) is 0 Å². The molecule has 0 saturated heterocycles. The zero-order chi connectivity index (χ0) is 11.8. The van der Waals surface area contributed by atoms with Gasteiger partial charge in [-0.2, -0.15) is 0 Å². The minimum absolute atomic E-state index is 0.344. The molecular weight excluding hydrogens is 212 g/mol. The predicted octanol–water partition coefficient (Wildman–Crippen LogP) is 3.64. The zero-order valence-corrected chi connectivity index (χ0v) is 9.05. The molecule has 2 nitrogen and oxygen atoms in total. The van der Waals surface area contributed by atoms with Crippen LogP contribution in [0.25, 0.3) is 21.9 Å². The summed E-state index contributed by atoms with van der Waals surface area (Å²) >= 11 is 0. The minimum Gasteiger partial charge on any atom is -0.478 e. The van der Waals surface area contributed by atoms with E-state index in [9.17, 15) is 4.79 Å². The average Bonchev–Trinajstić information content (AvgIpc) is 2.67. The minimum atomic E-state index is -0.882. The Balaban J connectivity index is 2.44. The summed E-state index contributed by atoms with van der Waals surface area (Å²) < 4.78 is 0. The van der Waals surface area contributed by atoms with Gasteiger partial charge < -0.3 is 5.11 Å². The number of aromatic carboxylic acids is 1. The van der Waals surface area contributed by atoms with Gasteiger partial charge in [0.2, 0.25) is 0 Å². The molecule has 0 radical (unpaired) electrons. The van der Waals surface area contributed by atoms with E-state index in [0.717, 1.165) is 21.9 Å². The third-order valence-corrected chi connectivity index (χ3v) is 2.97. The maximum absolute atomic E-state index is 11.0. The van der Waals surface area contributed by atoms with Crippen LogP contribution in [0.4, 0.5) is 0 Å². The summed E-state index contributed by atoms with van der Waals surface area (Å²) in [5, 5.41) is 11.2. The highest BCUT2D eigenvalue weighted by atomic mass is 16.4. The second-order valence-electron chi connectivity index (χ2n) is 4.03. The standard InChI is InChI=1S/C15H10O2/c16-15(17)12-8-11-6-3-5-10-4-1-2-7-13(10)14(11)9-12/h1-9H,(H,16,17). The largest absolute Gasteiger partial charge is 0.478 e. The molecule has 0 fully saturated rings. The molecular formula is C15H10O2. The van der Waals surface area contributed by atoms with Crippen molar-refractivity contribution in [2.24, 2.45) is 0 Å². The molecule has 0 saturated carbocycles. The molecule has 0 atom stereocenters. The fraction of sp³-hybridized carbons (Fsp3) is 0. The summed E-state index contributed by atoms with van der Waals surface area (Å²) in [6, 6.07) is 17.4.